The average Bonchev–Trinajstić information content (AvgIpc) is 2.89. The highest BCUT2D eigenvalue weighted by molar-refractivity contribution is 7.92. The maximum absolute atomic E-state index is 12.9. The van der Waals surface area contributed by atoms with Crippen LogP contribution >= 0.6 is 0 Å². The van der Waals surface area contributed by atoms with Crippen molar-refractivity contribution in [3.05, 3.63) is 29.3 Å². The predicted octanol–water partition coefficient (Wildman–Crippen LogP) is 1.60. The van der Waals surface area contributed by atoms with Crippen LogP contribution in [0.5, 0.6) is 0 Å². The lowest BCUT2D eigenvalue weighted by Gasteiger charge is -2.34. The van der Waals surface area contributed by atoms with E-state index in [9.17, 15) is 13.2 Å². The summed E-state index contributed by atoms with van der Waals surface area (Å²) in [6.45, 7) is 5.33. The number of anilines is 1. The Labute approximate surface area is 150 Å². The van der Waals surface area contributed by atoms with Crippen LogP contribution in [0.15, 0.2) is 18.2 Å². The van der Waals surface area contributed by atoms with Crippen molar-refractivity contribution in [2.24, 2.45) is 11.7 Å². The molecule has 3 rings (SSSR count). The largest absolute Gasteiger partial charge is 0.338 e. The Balaban J connectivity index is 1.84. The van der Waals surface area contributed by atoms with Crippen LogP contribution in [-0.4, -0.2) is 50.7 Å². The van der Waals surface area contributed by atoms with Gasteiger partial charge >= 0.3 is 0 Å². The molecule has 25 heavy (non-hydrogen) atoms. The van der Waals surface area contributed by atoms with Gasteiger partial charge in [0.25, 0.3) is 5.91 Å². The molecule has 1 aromatic rings. The van der Waals surface area contributed by atoms with E-state index in [1.807, 2.05) is 24.8 Å². The molecule has 0 aliphatic carbocycles. The van der Waals surface area contributed by atoms with Gasteiger partial charge in [-0.25, -0.2) is 8.42 Å². The summed E-state index contributed by atoms with van der Waals surface area (Å²) in [5.74, 6) is 0.353. The standard InChI is InChI=1S/C18H27N3O3S/c1-12-9-16-10-14(6-7-17(16)21(12)25(3,23)24)18(22)20-8-4-5-15(11-20)13(2)19/h6-7,10,12-13,15H,4-5,8-9,11,19H2,1-3H3/t12-,13+,15-/m1/s1. The van der Waals surface area contributed by atoms with Gasteiger partial charge < -0.3 is 10.6 Å². The fraction of sp³-hybridized carbons (Fsp3) is 0.611. The zero-order chi connectivity index (χ0) is 18.4. The molecule has 3 atom stereocenters. The molecule has 0 saturated carbocycles. The molecule has 0 aromatic heterocycles. The van der Waals surface area contributed by atoms with E-state index in [0.717, 1.165) is 24.9 Å². The molecule has 7 heteroatoms. The minimum atomic E-state index is -3.31. The van der Waals surface area contributed by atoms with Gasteiger partial charge in [-0.2, -0.15) is 0 Å². The zero-order valence-electron chi connectivity index (χ0n) is 15.1. The Morgan fingerprint density at radius 1 is 1.36 bits per heavy atom. The first-order valence-corrected chi connectivity index (χ1v) is 10.7. The van der Waals surface area contributed by atoms with Gasteiger partial charge in [-0.3, -0.25) is 9.10 Å². The van der Waals surface area contributed by atoms with Gasteiger partial charge in [0.1, 0.15) is 0 Å². The molecule has 1 amide bonds. The molecule has 2 heterocycles. The number of hydrogen-bond acceptors (Lipinski definition) is 4. The molecule has 0 bridgehead atoms. The summed E-state index contributed by atoms with van der Waals surface area (Å²) in [6, 6.07) is 5.33. The SMILES string of the molecule is C[C@H](N)[C@@H]1CCCN(C(=O)c2ccc3c(c2)C[C@@H](C)N3S(C)(=O)=O)C1. The molecule has 1 fully saturated rings. The summed E-state index contributed by atoms with van der Waals surface area (Å²) in [4.78, 5) is 14.8. The second-order valence-corrected chi connectivity index (χ2v) is 9.33. The van der Waals surface area contributed by atoms with E-state index in [0.29, 0.717) is 30.1 Å². The number of amides is 1. The number of nitrogens with two attached hydrogens (primary N) is 1. The molecule has 138 valence electrons. The number of fused-ring (bicyclic) bond motifs is 1. The number of sulfonamides is 1. The van der Waals surface area contributed by atoms with Crippen LogP contribution in [-0.2, 0) is 16.4 Å². The molecule has 6 nitrogen and oxygen atoms in total. The molecule has 0 radical (unpaired) electrons. The monoisotopic (exact) mass is 365 g/mol. The third-order valence-corrected chi connectivity index (χ3v) is 6.60. The molecule has 1 aromatic carbocycles. The van der Waals surface area contributed by atoms with Gasteiger partial charge in [-0.05, 0) is 62.8 Å². The lowest BCUT2D eigenvalue weighted by molar-refractivity contribution is 0.0661. The summed E-state index contributed by atoms with van der Waals surface area (Å²) in [6.07, 6.45) is 3.89. The minimum absolute atomic E-state index is 0.0126. The van der Waals surface area contributed by atoms with E-state index in [-0.39, 0.29) is 18.0 Å². The van der Waals surface area contributed by atoms with Crippen molar-refractivity contribution < 1.29 is 13.2 Å². The van der Waals surface area contributed by atoms with E-state index >= 15 is 0 Å². The van der Waals surface area contributed by atoms with Gasteiger partial charge in [-0.1, -0.05) is 0 Å². The lowest BCUT2D eigenvalue weighted by atomic mass is 9.91. The van der Waals surface area contributed by atoms with Crippen molar-refractivity contribution >= 4 is 21.6 Å². The first kappa shape index (κ1) is 18.2. The van der Waals surface area contributed by atoms with Crippen LogP contribution in [0, 0.1) is 5.92 Å². The third-order valence-electron chi connectivity index (χ3n) is 5.33. The molecular weight excluding hydrogens is 338 g/mol. The number of likely N-dealkylation sites (tertiary alicyclic amines) is 1. The van der Waals surface area contributed by atoms with Crippen LogP contribution < -0.4 is 10.0 Å². The first-order chi connectivity index (χ1) is 11.7. The number of hydrogen-bond donors (Lipinski definition) is 1. The number of benzene rings is 1. The highest BCUT2D eigenvalue weighted by Crippen LogP contribution is 2.35. The number of nitrogens with zero attached hydrogens (tertiary/aromatic N) is 2. The quantitative estimate of drug-likeness (QED) is 0.882. The Morgan fingerprint density at radius 2 is 2.08 bits per heavy atom. The van der Waals surface area contributed by atoms with Gasteiger partial charge in [0.2, 0.25) is 10.0 Å². The second-order valence-electron chi connectivity index (χ2n) is 7.47. The van der Waals surface area contributed by atoms with E-state index in [4.69, 9.17) is 5.73 Å². The third kappa shape index (κ3) is 3.53. The maximum atomic E-state index is 12.9. The van der Waals surface area contributed by atoms with E-state index in [1.165, 1.54) is 10.6 Å². The van der Waals surface area contributed by atoms with Crippen molar-refractivity contribution in [3.63, 3.8) is 0 Å². The minimum Gasteiger partial charge on any atom is -0.338 e. The zero-order valence-corrected chi connectivity index (χ0v) is 15.9. The molecule has 0 spiro atoms. The van der Waals surface area contributed by atoms with Gasteiger partial charge in [0, 0.05) is 30.7 Å². The number of carbonyl (C=O) groups excluding carboxylic acids is 1. The van der Waals surface area contributed by atoms with Gasteiger partial charge in [0.05, 0.1) is 11.9 Å². The highest BCUT2D eigenvalue weighted by atomic mass is 32.2. The maximum Gasteiger partial charge on any atom is 0.253 e. The summed E-state index contributed by atoms with van der Waals surface area (Å²) < 4.78 is 25.5. The summed E-state index contributed by atoms with van der Waals surface area (Å²) >= 11 is 0. The molecule has 2 aliphatic heterocycles. The molecule has 2 N–H and O–H groups in total. The Hall–Kier alpha value is -1.60. The van der Waals surface area contributed by atoms with Crippen LogP contribution in [0.25, 0.3) is 0 Å². The van der Waals surface area contributed by atoms with Crippen LogP contribution in [0.4, 0.5) is 5.69 Å². The van der Waals surface area contributed by atoms with Crippen molar-refractivity contribution in [2.45, 2.75) is 45.2 Å². The molecule has 1 saturated heterocycles. The summed E-state index contributed by atoms with van der Waals surface area (Å²) in [5.41, 5.74) is 8.26. The average molecular weight is 365 g/mol. The fourth-order valence-corrected chi connectivity index (χ4v) is 5.31. The van der Waals surface area contributed by atoms with Crippen LogP contribution in [0.1, 0.15) is 42.6 Å². The van der Waals surface area contributed by atoms with Crippen molar-refractivity contribution in [1.29, 1.82) is 0 Å². The van der Waals surface area contributed by atoms with Crippen molar-refractivity contribution in [1.82, 2.24) is 4.90 Å². The fourth-order valence-electron chi connectivity index (χ4n) is 4.05. The Kier molecular flexibility index (Phi) is 4.81. The predicted molar refractivity (Wildman–Crippen MR) is 99.2 cm³/mol. The number of rotatable bonds is 3. The molecule has 2 aliphatic rings. The second kappa shape index (κ2) is 6.61. The van der Waals surface area contributed by atoms with Crippen molar-refractivity contribution in [2.75, 3.05) is 23.7 Å². The van der Waals surface area contributed by atoms with Gasteiger partial charge in [-0.15, -0.1) is 0 Å². The first-order valence-electron chi connectivity index (χ1n) is 8.85. The Bertz CT molecular complexity index is 776. The number of carbonyl (C=O) groups is 1. The molecule has 0 unspecified atom stereocenters. The van der Waals surface area contributed by atoms with E-state index < -0.39 is 10.0 Å². The topological polar surface area (TPSA) is 83.7 Å². The van der Waals surface area contributed by atoms with Crippen LogP contribution in [0.3, 0.4) is 0 Å². The van der Waals surface area contributed by atoms with Gasteiger partial charge in [0.15, 0.2) is 0 Å². The lowest BCUT2D eigenvalue weighted by Crippen LogP contribution is -2.45. The number of piperidine rings is 1. The van der Waals surface area contributed by atoms with Crippen LogP contribution in [0.2, 0.25) is 0 Å². The summed E-state index contributed by atoms with van der Waals surface area (Å²) in [7, 11) is -3.31. The summed E-state index contributed by atoms with van der Waals surface area (Å²) in [5, 5.41) is 0. The normalized spacial score (nSPS) is 25.0. The van der Waals surface area contributed by atoms with E-state index in [1.54, 1.807) is 12.1 Å². The molecular formula is C18H27N3O3S. The van der Waals surface area contributed by atoms with E-state index in [2.05, 4.69) is 0 Å². The Morgan fingerprint density at radius 3 is 2.72 bits per heavy atom. The smallest absolute Gasteiger partial charge is 0.253 e. The highest BCUT2D eigenvalue weighted by Gasteiger charge is 2.33. The van der Waals surface area contributed by atoms with Crippen molar-refractivity contribution in [3.8, 4) is 0 Å².